The van der Waals surface area contributed by atoms with Gasteiger partial charge in [0, 0.05) is 23.7 Å². The number of halogens is 1. The zero-order valence-electron chi connectivity index (χ0n) is 14.4. The molecule has 0 unspecified atom stereocenters. The number of sulfonamides is 1. The van der Waals surface area contributed by atoms with Crippen LogP contribution in [0.25, 0.3) is 0 Å². The Bertz CT molecular complexity index is 882. The lowest BCUT2D eigenvalue weighted by atomic mass is 10.1. The highest BCUT2D eigenvalue weighted by Gasteiger charge is 2.17. The summed E-state index contributed by atoms with van der Waals surface area (Å²) in [7, 11) is -3.41. The second-order valence-electron chi connectivity index (χ2n) is 5.81. The van der Waals surface area contributed by atoms with Crippen molar-refractivity contribution in [3.05, 3.63) is 64.2 Å². The maximum absolute atomic E-state index is 12.8. The van der Waals surface area contributed by atoms with E-state index < -0.39 is 10.0 Å². The summed E-state index contributed by atoms with van der Waals surface area (Å²) in [6.45, 7) is 4.56. The molecule has 5 nitrogen and oxygen atoms in total. The Balaban J connectivity index is 2.28. The number of hydrogen-bond donors (Lipinski definition) is 1. The zero-order chi connectivity index (χ0) is 18.6. The van der Waals surface area contributed by atoms with Gasteiger partial charge in [0.2, 0.25) is 10.0 Å². The first-order valence-electron chi connectivity index (χ1n) is 7.82. The lowest BCUT2D eigenvalue weighted by Gasteiger charge is -2.22. The molecule has 0 aliphatic carbocycles. The molecule has 2 aromatic rings. The normalized spacial score (nSPS) is 11.2. The average molecular weight is 381 g/mol. The number of carbonyl (C=O) groups excluding carboxylic acids is 1. The van der Waals surface area contributed by atoms with Gasteiger partial charge in [-0.1, -0.05) is 35.9 Å². The second kappa shape index (κ2) is 7.89. The summed E-state index contributed by atoms with van der Waals surface area (Å²) < 4.78 is 25.4. The molecule has 25 heavy (non-hydrogen) atoms. The van der Waals surface area contributed by atoms with E-state index in [4.69, 9.17) is 11.6 Å². The van der Waals surface area contributed by atoms with Crippen LogP contribution in [0.3, 0.4) is 0 Å². The van der Waals surface area contributed by atoms with Crippen molar-refractivity contribution in [2.45, 2.75) is 20.4 Å². The maximum Gasteiger partial charge on any atom is 0.254 e. The van der Waals surface area contributed by atoms with Gasteiger partial charge in [-0.15, -0.1) is 0 Å². The maximum atomic E-state index is 12.8. The molecule has 0 aliphatic heterocycles. The van der Waals surface area contributed by atoms with Crippen LogP contribution >= 0.6 is 11.6 Å². The van der Waals surface area contributed by atoms with Gasteiger partial charge in [-0.3, -0.25) is 9.52 Å². The Morgan fingerprint density at radius 1 is 1.20 bits per heavy atom. The summed E-state index contributed by atoms with van der Waals surface area (Å²) in [5.41, 5.74) is 2.44. The Hall–Kier alpha value is -2.05. The number of aryl methyl sites for hydroxylation is 1. The molecule has 0 saturated carbocycles. The predicted octanol–water partition coefficient (Wildman–Crippen LogP) is 3.68. The molecule has 2 rings (SSSR count). The van der Waals surface area contributed by atoms with E-state index in [0.717, 1.165) is 17.4 Å². The number of nitrogens with one attached hydrogen (secondary N) is 1. The molecular formula is C18H21ClN2O3S. The van der Waals surface area contributed by atoms with Gasteiger partial charge in [-0.2, -0.15) is 0 Å². The number of benzene rings is 2. The van der Waals surface area contributed by atoms with Crippen LogP contribution in [0.2, 0.25) is 5.02 Å². The van der Waals surface area contributed by atoms with Crippen molar-refractivity contribution in [1.29, 1.82) is 0 Å². The molecule has 0 aromatic heterocycles. The quantitative estimate of drug-likeness (QED) is 0.831. The van der Waals surface area contributed by atoms with E-state index >= 15 is 0 Å². The van der Waals surface area contributed by atoms with E-state index in [9.17, 15) is 13.2 Å². The van der Waals surface area contributed by atoms with Crippen LogP contribution in [0, 0.1) is 6.92 Å². The summed E-state index contributed by atoms with van der Waals surface area (Å²) in [5, 5.41) is 0.608. The SMILES string of the molecule is CCN(Cc1ccccc1Cl)C(=O)c1ccc(C)c(NS(C)(=O)=O)c1. The van der Waals surface area contributed by atoms with E-state index in [1.54, 1.807) is 36.1 Å². The molecule has 0 spiro atoms. The number of amides is 1. The third-order valence-electron chi connectivity index (χ3n) is 3.77. The van der Waals surface area contributed by atoms with Crippen molar-refractivity contribution in [2.24, 2.45) is 0 Å². The number of hydrogen-bond acceptors (Lipinski definition) is 3. The molecule has 0 atom stereocenters. The van der Waals surface area contributed by atoms with Gasteiger partial charge in [-0.05, 0) is 43.2 Å². The molecule has 1 amide bonds. The molecule has 0 bridgehead atoms. The van der Waals surface area contributed by atoms with Crippen LogP contribution in [-0.4, -0.2) is 32.0 Å². The van der Waals surface area contributed by atoms with E-state index in [1.807, 2.05) is 25.1 Å². The van der Waals surface area contributed by atoms with Gasteiger partial charge in [0.25, 0.3) is 5.91 Å². The Morgan fingerprint density at radius 3 is 2.48 bits per heavy atom. The largest absolute Gasteiger partial charge is 0.335 e. The molecule has 2 aromatic carbocycles. The smallest absolute Gasteiger partial charge is 0.254 e. The summed E-state index contributed by atoms with van der Waals surface area (Å²) in [5.74, 6) is -0.182. The van der Waals surface area contributed by atoms with E-state index in [2.05, 4.69) is 4.72 Å². The molecule has 134 valence electrons. The molecule has 7 heteroatoms. The molecule has 0 aliphatic rings. The van der Waals surface area contributed by atoms with Crippen molar-refractivity contribution in [3.8, 4) is 0 Å². The van der Waals surface area contributed by atoms with Crippen molar-refractivity contribution in [3.63, 3.8) is 0 Å². The molecule has 0 saturated heterocycles. The molecule has 0 radical (unpaired) electrons. The minimum absolute atomic E-state index is 0.182. The lowest BCUT2D eigenvalue weighted by molar-refractivity contribution is 0.0752. The highest BCUT2D eigenvalue weighted by molar-refractivity contribution is 7.92. The molecule has 0 fully saturated rings. The van der Waals surface area contributed by atoms with E-state index in [1.165, 1.54) is 0 Å². The fourth-order valence-corrected chi connectivity index (χ4v) is 3.22. The van der Waals surface area contributed by atoms with Gasteiger partial charge in [0.15, 0.2) is 0 Å². The van der Waals surface area contributed by atoms with Gasteiger partial charge in [0.05, 0.1) is 11.9 Å². The summed E-state index contributed by atoms with van der Waals surface area (Å²) in [6, 6.07) is 12.4. The van der Waals surface area contributed by atoms with Crippen LogP contribution in [0.15, 0.2) is 42.5 Å². The van der Waals surface area contributed by atoms with Gasteiger partial charge < -0.3 is 4.90 Å². The third-order valence-corrected chi connectivity index (χ3v) is 4.73. The van der Waals surface area contributed by atoms with Gasteiger partial charge >= 0.3 is 0 Å². The predicted molar refractivity (Wildman–Crippen MR) is 102 cm³/mol. The van der Waals surface area contributed by atoms with Gasteiger partial charge in [0.1, 0.15) is 0 Å². The van der Waals surface area contributed by atoms with Crippen molar-refractivity contribution in [1.82, 2.24) is 4.90 Å². The van der Waals surface area contributed by atoms with Crippen molar-refractivity contribution in [2.75, 3.05) is 17.5 Å². The number of anilines is 1. The fraction of sp³-hybridized carbons (Fsp3) is 0.278. The van der Waals surface area contributed by atoms with Crippen LogP contribution in [-0.2, 0) is 16.6 Å². The van der Waals surface area contributed by atoms with Crippen LogP contribution in [0.4, 0.5) is 5.69 Å². The summed E-state index contributed by atoms with van der Waals surface area (Å²) >= 11 is 6.18. The average Bonchev–Trinajstić information content (AvgIpc) is 2.54. The Labute approximate surface area is 153 Å². The number of nitrogens with zero attached hydrogens (tertiary/aromatic N) is 1. The highest BCUT2D eigenvalue weighted by Crippen LogP contribution is 2.21. The molecular weight excluding hydrogens is 360 g/mol. The lowest BCUT2D eigenvalue weighted by Crippen LogP contribution is -2.30. The standard InChI is InChI=1S/C18H21ClN2O3S/c1-4-21(12-15-7-5-6-8-16(15)19)18(22)14-10-9-13(2)17(11-14)20-25(3,23)24/h5-11,20H,4,12H2,1-3H3. The second-order valence-corrected chi connectivity index (χ2v) is 7.97. The first-order chi connectivity index (χ1) is 11.7. The van der Waals surface area contributed by atoms with E-state index in [-0.39, 0.29) is 5.91 Å². The summed E-state index contributed by atoms with van der Waals surface area (Å²) in [6.07, 6.45) is 1.08. The Morgan fingerprint density at radius 2 is 1.88 bits per heavy atom. The van der Waals surface area contributed by atoms with Crippen molar-refractivity contribution < 1.29 is 13.2 Å². The zero-order valence-corrected chi connectivity index (χ0v) is 16.0. The number of rotatable bonds is 6. The Kier molecular flexibility index (Phi) is 6.08. The fourth-order valence-electron chi connectivity index (χ4n) is 2.41. The van der Waals surface area contributed by atoms with Crippen LogP contribution < -0.4 is 4.72 Å². The minimum atomic E-state index is -3.41. The first kappa shape index (κ1) is 19.3. The van der Waals surface area contributed by atoms with E-state index in [0.29, 0.717) is 29.4 Å². The number of carbonyl (C=O) groups is 1. The summed E-state index contributed by atoms with van der Waals surface area (Å²) in [4.78, 5) is 14.5. The van der Waals surface area contributed by atoms with Crippen LogP contribution in [0.1, 0.15) is 28.4 Å². The highest BCUT2D eigenvalue weighted by atomic mass is 35.5. The van der Waals surface area contributed by atoms with Crippen LogP contribution in [0.5, 0.6) is 0 Å². The molecule has 1 N–H and O–H groups in total. The monoisotopic (exact) mass is 380 g/mol. The first-order valence-corrected chi connectivity index (χ1v) is 10.1. The third kappa shape index (κ3) is 5.21. The molecule has 0 heterocycles. The minimum Gasteiger partial charge on any atom is -0.335 e. The van der Waals surface area contributed by atoms with Crippen molar-refractivity contribution >= 4 is 33.2 Å². The van der Waals surface area contributed by atoms with Gasteiger partial charge in [-0.25, -0.2) is 8.42 Å². The topological polar surface area (TPSA) is 66.5 Å².